The summed E-state index contributed by atoms with van der Waals surface area (Å²) in [5.41, 5.74) is 11.1. The number of aliphatic imine (C=N–C) groups is 1. The Labute approximate surface area is 119 Å². The summed E-state index contributed by atoms with van der Waals surface area (Å²) in [6, 6.07) is 2.54. The largest absolute Gasteiger partial charge is 0.450 e. The molecule has 1 heterocycles. The number of nitrogens with zero attached hydrogens (tertiary/aromatic N) is 2. The molecule has 8 heteroatoms. The molecule has 0 fully saturated rings. The van der Waals surface area contributed by atoms with Crippen molar-refractivity contribution in [1.29, 1.82) is 0 Å². The maximum atomic E-state index is 13.6. The molecule has 0 amide bonds. The van der Waals surface area contributed by atoms with Crippen LogP contribution in [0.2, 0.25) is 0 Å². The van der Waals surface area contributed by atoms with Crippen molar-refractivity contribution in [2.75, 3.05) is 12.3 Å². The number of rotatable bonds is 3. The minimum absolute atomic E-state index is 0.00307. The van der Waals surface area contributed by atoms with E-state index in [1.54, 1.807) is 13.0 Å². The van der Waals surface area contributed by atoms with Crippen LogP contribution in [0, 0.1) is 22.9 Å². The van der Waals surface area contributed by atoms with E-state index in [1.165, 1.54) is 12.1 Å². The number of halogens is 1. The number of allylic oxidation sites excluding steroid dienone is 1. The third kappa shape index (κ3) is 2.99. The van der Waals surface area contributed by atoms with E-state index in [0.29, 0.717) is 5.56 Å². The second kappa shape index (κ2) is 5.61. The molecule has 0 radical (unpaired) electrons. The van der Waals surface area contributed by atoms with Gasteiger partial charge in [0.2, 0.25) is 11.6 Å². The summed E-state index contributed by atoms with van der Waals surface area (Å²) in [4.78, 5) is 14.2. The van der Waals surface area contributed by atoms with Crippen molar-refractivity contribution in [1.82, 2.24) is 0 Å². The number of ether oxygens (including phenoxy) is 1. The number of benzene rings is 1. The Hall–Kier alpha value is -2.90. The molecule has 1 aliphatic rings. The molecule has 0 saturated carbocycles. The van der Waals surface area contributed by atoms with Gasteiger partial charge < -0.3 is 16.2 Å². The van der Waals surface area contributed by atoms with Crippen molar-refractivity contribution < 1.29 is 14.1 Å². The Morgan fingerprint density at radius 2 is 2.14 bits per heavy atom. The lowest BCUT2D eigenvalue weighted by atomic mass is 10.2. The first-order valence-corrected chi connectivity index (χ1v) is 5.99. The first-order valence-electron chi connectivity index (χ1n) is 5.99. The zero-order valence-corrected chi connectivity index (χ0v) is 11.2. The third-order valence-electron chi connectivity index (χ3n) is 2.83. The van der Waals surface area contributed by atoms with Gasteiger partial charge in [-0.3, -0.25) is 15.1 Å². The van der Waals surface area contributed by atoms with Crippen LogP contribution in [0.1, 0.15) is 5.56 Å². The van der Waals surface area contributed by atoms with Crippen LogP contribution in [0.5, 0.6) is 5.75 Å². The molecule has 2 rings (SSSR count). The Morgan fingerprint density at radius 3 is 2.76 bits per heavy atom. The molecular weight excluding hydrogens is 279 g/mol. The Balaban J connectivity index is 2.47. The molecular formula is C13H13FN4O3. The van der Waals surface area contributed by atoms with E-state index in [0.717, 1.165) is 6.07 Å². The lowest BCUT2D eigenvalue weighted by molar-refractivity contribution is -0.417. The summed E-state index contributed by atoms with van der Waals surface area (Å²) in [5.74, 6) is -0.921. The quantitative estimate of drug-likeness (QED) is 0.497. The number of hydrogen-bond donors (Lipinski definition) is 2. The number of amidine groups is 1. The fourth-order valence-corrected chi connectivity index (χ4v) is 1.77. The first kappa shape index (κ1) is 14.5. The molecule has 0 aromatic heterocycles. The van der Waals surface area contributed by atoms with Gasteiger partial charge >= 0.3 is 5.70 Å². The molecule has 0 saturated heterocycles. The molecule has 0 spiro atoms. The highest BCUT2D eigenvalue weighted by atomic mass is 19.1. The second-order valence-corrected chi connectivity index (χ2v) is 4.34. The van der Waals surface area contributed by atoms with Crippen molar-refractivity contribution >= 4 is 11.5 Å². The Morgan fingerprint density at radius 1 is 1.43 bits per heavy atom. The summed E-state index contributed by atoms with van der Waals surface area (Å²) in [5, 5.41) is 11.1. The molecule has 1 aliphatic heterocycles. The van der Waals surface area contributed by atoms with Gasteiger partial charge in [0.25, 0.3) is 0 Å². The smallest absolute Gasteiger partial charge is 0.352 e. The SMILES string of the molecule is Cc1cc(OC2=C([N+](=O)[O-])C(N)=NCC=C2)cc(F)c1N. The maximum absolute atomic E-state index is 13.6. The monoisotopic (exact) mass is 292 g/mol. The van der Waals surface area contributed by atoms with Crippen molar-refractivity contribution in [2.45, 2.75) is 6.92 Å². The fourth-order valence-electron chi connectivity index (χ4n) is 1.77. The predicted molar refractivity (Wildman–Crippen MR) is 75.8 cm³/mol. The molecule has 21 heavy (non-hydrogen) atoms. The molecule has 1 aromatic carbocycles. The standard InChI is InChI=1S/C13H13FN4O3/c1-7-5-8(6-9(14)11(7)15)21-10-3-2-4-17-13(16)12(10)18(19)20/h2-3,5-6H,4,15H2,1H3,(H2,16,17). The highest BCUT2D eigenvalue weighted by Crippen LogP contribution is 2.25. The summed E-state index contributed by atoms with van der Waals surface area (Å²) in [6.07, 6.45) is 2.93. The molecule has 4 N–H and O–H groups in total. The van der Waals surface area contributed by atoms with Gasteiger partial charge in [0, 0.05) is 6.07 Å². The van der Waals surface area contributed by atoms with Crippen LogP contribution < -0.4 is 16.2 Å². The number of hydrogen-bond acceptors (Lipinski definition) is 6. The highest BCUT2D eigenvalue weighted by Gasteiger charge is 2.25. The maximum Gasteiger partial charge on any atom is 0.352 e. The summed E-state index contributed by atoms with van der Waals surface area (Å²) < 4.78 is 19.0. The molecule has 0 aliphatic carbocycles. The van der Waals surface area contributed by atoms with E-state index in [9.17, 15) is 14.5 Å². The van der Waals surface area contributed by atoms with Gasteiger partial charge in [-0.25, -0.2) is 4.39 Å². The lowest BCUT2D eigenvalue weighted by Gasteiger charge is -2.09. The molecule has 7 nitrogen and oxygen atoms in total. The van der Waals surface area contributed by atoms with Crippen molar-refractivity contribution in [3.05, 3.63) is 57.2 Å². The normalized spacial score (nSPS) is 14.7. The molecule has 0 atom stereocenters. The van der Waals surface area contributed by atoms with E-state index in [4.69, 9.17) is 16.2 Å². The van der Waals surface area contributed by atoms with E-state index in [1.807, 2.05) is 0 Å². The zero-order valence-electron chi connectivity index (χ0n) is 11.2. The summed E-state index contributed by atoms with van der Waals surface area (Å²) in [7, 11) is 0. The molecule has 110 valence electrons. The first-order chi connectivity index (χ1) is 9.90. The lowest BCUT2D eigenvalue weighted by Crippen LogP contribution is -2.23. The van der Waals surface area contributed by atoms with E-state index < -0.39 is 16.4 Å². The van der Waals surface area contributed by atoms with Gasteiger partial charge in [0.15, 0.2) is 0 Å². The Kier molecular flexibility index (Phi) is 3.88. The van der Waals surface area contributed by atoms with Crippen molar-refractivity contribution in [3.8, 4) is 5.75 Å². The zero-order chi connectivity index (χ0) is 15.6. The second-order valence-electron chi connectivity index (χ2n) is 4.34. The Bertz CT molecular complexity index is 672. The van der Waals surface area contributed by atoms with Gasteiger partial charge in [-0.2, -0.15) is 0 Å². The summed E-state index contributed by atoms with van der Waals surface area (Å²) >= 11 is 0. The molecule has 0 unspecified atom stereocenters. The number of nitro groups is 1. The van der Waals surface area contributed by atoms with Crippen LogP contribution in [0.4, 0.5) is 10.1 Å². The van der Waals surface area contributed by atoms with Crippen LogP contribution >= 0.6 is 0 Å². The van der Waals surface area contributed by atoms with Gasteiger partial charge in [-0.15, -0.1) is 0 Å². The van der Waals surface area contributed by atoms with Crippen LogP contribution in [0.15, 0.2) is 40.7 Å². The van der Waals surface area contributed by atoms with E-state index in [-0.39, 0.29) is 29.6 Å². The molecule has 0 bridgehead atoms. The van der Waals surface area contributed by atoms with Crippen LogP contribution in [-0.4, -0.2) is 17.3 Å². The van der Waals surface area contributed by atoms with Crippen molar-refractivity contribution in [3.63, 3.8) is 0 Å². The topological polar surface area (TPSA) is 117 Å². The predicted octanol–water partition coefficient (Wildman–Crippen LogP) is 1.51. The number of anilines is 1. The third-order valence-corrected chi connectivity index (χ3v) is 2.83. The van der Waals surface area contributed by atoms with Gasteiger partial charge in [0.1, 0.15) is 11.6 Å². The highest BCUT2D eigenvalue weighted by molar-refractivity contribution is 5.95. The number of nitrogen functional groups attached to an aromatic ring is 1. The number of nitrogens with two attached hydrogens (primary N) is 2. The van der Waals surface area contributed by atoms with Crippen molar-refractivity contribution in [2.24, 2.45) is 10.7 Å². The van der Waals surface area contributed by atoms with Gasteiger partial charge in [-0.1, -0.05) is 6.08 Å². The molecule has 1 aromatic rings. The van der Waals surface area contributed by atoms with Crippen LogP contribution in [-0.2, 0) is 0 Å². The van der Waals surface area contributed by atoms with E-state index in [2.05, 4.69) is 4.99 Å². The summed E-state index contributed by atoms with van der Waals surface area (Å²) in [6.45, 7) is 1.80. The van der Waals surface area contributed by atoms with Crippen LogP contribution in [0.25, 0.3) is 0 Å². The minimum atomic E-state index is -0.690. The van der Waals surface area contributed by atoms with Gasteiger partial charge in [-0.05, 0) is 24.6 Å². The number of aryl methyl sites for hydroxylation is 1. The fraction of sp³-hybridized carbons (Fsp3) is 0.154. The van der Waals surface area contributed by atoms with Gasteiger partial charge in [0.05, 0.1) is 17.2 Å². The average Bonchev–Trinajstić information content (AvgIpc) is 2.57. The average molecular weight is 292 g/mol. The minimum Gasteiger partial charge on any atom is -0.450 e. The van der Waals surface area contributed by atoms with E-state index >= 15 is 0 Å². The van der Waals surface area contributed by atoms with Crippen LogP contribution in [0.3, 0.4) is 0 Å².